The first kappa shape index (κ1) is 22.1. The maximum atomic E-state index is 14.2. The fourth-order valence-corrected chi connectivity index (χ4v) is 3.37. The Bertz CT molecular complexity index is 756. The van der Waals surface area contributed by atoms with Crippen molar-refractivity contribution in [3.63, 3.8) is 0 Å². The molecule has 1 aliphatic heterocycles. The molecule has 28 heavy (non-hydrogen) atoms. The lowest BCUT2D eigenvalue weighted by atomic mass is 9.99. The van der Waals surface area contributed by atoms with E-state index in [2.05, 4.69) is 5.32 Å². The summed E-state index contributed by atoms with van der Waals surface area (Å²) in [5.41, 5.74) is 0.379. The second-order valence-corrected chi connectivity index (χ2v) is 8.72. The summed E-state index contributed by atoms with van der Waals surface area (Å²) in [6.45, 7) is 12.6. The molecule has 1 N–H and O–H groups in total. The van der Waals surface area contributed by atoms with Gasteiger partial charge in [-0.05, 0) is 77.6 Å². The van der Waals surface area contributed by atoms with Crippen LogP contribution in [-0.4, -0.2) is 40.9 Å². The van der Waals surface area contributed by atoms with E-state index in [4.69, 9.17) is 9.47 Å². The van der Waals surface area contributed by atoms with Crippen molar-refractivity contribution < 1.29 is 23.5 Å². The molecule has 0 aliphatic carbocycles. The van der Waals surface area contributed by atoms with Gasteiger partial charge in [0.2, 0.25) is 5.91 Å². The molecule has 0 aromatic heterocycles. The second-order valence-electron chi connectivity index (χ2n) is 8.72. The molecule has 1 aliphatic rings. The van der Waals surface area contributed by atoms with Crippen molar-refractivity contribution >= 4 is 17.7 Å². The summed E-state index contributed by atoms with van der Waals surface area (Å²) in [7, 11) is 0. The van der Waals surface area contributed by atoms with Gasteiger partial charge in [0.25, 0.3) is 0 Å². The Morgan fingerprint density at radius 1 is 1.36 bits per heavy atom. The molecule has 0 saturated carbocycles. The largest absolute Gasteiger partial charge is 0.444 e. The Balaban J connectivity index is 2.17. The van der Waals surface area contributed by atoms with Gasteiger partial charge in [-0.1, -0.05) is 0 Å². The zero-order chi connectivity index (χ0) is 21.3. The number of hydrogen-bond acceptors (Lipinski definition) is 4. The van der Waals surface area contributed by atoms with E-state index < -0.39 is 17.4 Å². The highest BCUT2D eigenvalue weighted by Crippen LogP contribution is 2.32. The van der Waals surface area contributed by atoms with Crippen LogP contribution in [0.3, 0.4) is 0 Å². The maximum absolute atomic E-state index is 14.2. The highest BCUT2D eigenvalue weighted by molar-refractivity contribution is 5.88. The zero-order valence-electron chi connectivity index (χ0n) is 17.8. The molecule has 0 radical (unpaired) electrons. The molecule has 0 bridgehead atoms. The van der Waals surface area contributed by atoms with Crippen LogP contribution in [0, 0.1) is 12.7 Å². The van der Waals surface area contributed by atoms with E-state index in [9.17, 15) is 14.0 Å². The van der Waals surface area contributed by atoms with E-state index in [0.29, 0.717) is 30.7 Å². The van der Waals surface area contributed by atoms with Gasteiger partial charge in [-0.15, -0.1) is 0 Å². The summed E-state index contributed by atoms with van der Waals surface area (Å²) in [6.07, 6.45) is 0.710. The molecule has 1 atom stereocenters. The number of halogens is 1. The molecule has 6 nitrogen and oxygen atoms in total. The third-order valence-electron chi connectivity index (χ3n) is 4.68. The molecule has 0 spiro atoms. The van der Waals surface area contributed by atoms with Gasteiger partial charge in [-0.2, -0.15) is 0 Å². The minimum atomic E-state index is -0.772. The summed E-state index contributed by atoms with van der Waals surface area (Å²) in [5.74, 6) is -0.621. The molecule has 0 unspecified atom stereocenters. The number of carbonyl (C=O) groups is 2. The van der Waals surface area contributed by atoms with Gasteiger partial charge in [0.1, 0.15) is 17.1 Å². The van der Waals surface area contributed by atoms with Crippen LogP contribution >= 0.6 is 0 Å². The Morgan fingerprint density at radius 3 is 2.57 bits per heavy atom. The van der Waals surface area contributed by atoms with Gasteiger partial charge in [-0.3, -0.25) is 9.69 Å². The van der Waals surface area contributed by atoms with Crippen LogP contribution in [0.25, 0.3) is 0 Å². The second kappa shape index (κ2) is 8.07. The van der Waals surface area contributed by atoms with Crippen LogP contribution in [0.4, 0.5) is 14.9 Å². The van der Waals surface area contributed by atoms with Gasteiger partial charge in [0.15, 0.2) is 0 Å². The van der Waals surface area contributed by atoms with Crippen molar-refractivity contribution in [3.05, 3.63) is 29.1 Å². The van der Waals surface area contributed by atoms with Gasteiger partial charge < -0.3 is 14.8 Å². The van der Waals surface area contributed by atoms with E-state index in [1.54, 1.807) is 17.9 Å². The lowest BCUT2D eigenvalue weighted by molar-refractivity contribution is -0.114. The van der Waals surface area contributed by atoms with Crippen molar-refractivity contribution in [2.24, 2.45) is 0 Å². The van der Waals surface area contributed by atoms with Gasteiger partial charge in [-0.25, -0.2) is 9.18 Å². The van der Waals surface area contributed by atoms with Crippen LogP contribution in [-0.2, 0) is 20.7 Å². The van der Waals surface area contributed by atoms with Crippen LogP contribution in [0.1, 0.15) is 59.1 Å². The first-order valence-corrected chi connectivity index (χ1v) is 9.53. The highest BCUT2D eigenvalue weighted by Gasteiger charge is 2.45. The van der Waals surface area contributed by atoms with E-state index in [0.717, 1.165) is 5.56 Å². The Kier molecular flexibility index (Phi) is 6.38. The van der Waals surface area contributed by atoms with Crippen LogP contribution in [0.5, 0.6) is 0 Å². The van der Waals surface area contributed by atoms with Gasteiger partial charge >= 0.3 is 6.09 Å². The SMILES string of the molecule is CC(=O)Nc1cc(F)c(C)c(CC[C@H]2COC(C)(C)N2C(=O)OC(C)(C)C)c1. The lowest BCUT2D eigenvalue weighted by Crippen LogP contribution is -2.49. The highest BCUT2D eigenvalue weighted by atomic mass is 19.1. The van der Waals surface area contributed by atoms with Crippen molar-refractivity contribution in [2.45, 2.75) is 78.7 Å². The number of amides is 2. The van der Waals surface area contributed by atoms with Crippen molar-refractivity contribution in [1.29, 1.82) is 0 Å². The fraction of sp³-hybridized carbons (Fsp3) is 0.619. The first-order valence-electron chi connectivity index (χ1n) is 9.53. The Labute approximate surface area is 166 Å². The number of hydrogen-bond donors (Lipinski definition) is 1. The average Bonchev–Trinajstić information content (AvgIpc) is 2.81. The molecule has 2 rings (SSSR count). The number of benzene rings is 1. The fourth-order valence-electron chi connectivity index (χ4n) is 3.37. The maximum Gasteiger partial charge on any atom is 0.412 e. The van der Waals surface area contributed by atoms with E-state index in [1.165, 1.54) is 13.0 Å². The normalized spacial score (nSPS) is 18.9. The van der Waals surface area contributed by atoms with E-state index in [-0.39, 0.29) is 17.8 Å². The standard InChI is InChI=1S/C21H31FN2O4/c1-13-15(10-16(11-18(13)22)23-14(2)25)8-9-17-12-27-21(6,7)24(17)19(26)28-20(3,4)5/h10-11,17H,8-9,12H2,1-7H3,(H,23,25)/t17-/m0/s1. The summed E-state index contributed by atoms with van der Waals surface area (Å²) < 4.78 is 25.6. The number of anilines is 1. The molecular formula is C21H31FN2O4. The van der Waals surface area contributed by atoms with E-state index >= 15 is 0 Å². The average molecular weight is 394 g/mol. The molecule has 1 fully saturated rings. The topological polar surface area (TPSA) is 67.9 Å². The minimum absolute atomic E-state index is 0.184. The molecule has 1 aromatic carbocycles. The quantitative estimate of drug-likeness (QED) is 0.822. The first-order chi connectivity index (χ1) is 12.8. The number of nitrogens with zero attached hydrogens (tertiary/aromatic N) is 1. The third kappa shape index (κ3) is 5.44. The van der Waals surface area contributed by atoms with E-state index in [1.807, 2.05) is 34.6 Å². The number of aryl methyl sites for hydroxylation is 1. The zero-order valence-corrected chi connectivity index (χ0v) is 17.8. The molecule has 1 aromatic rings. The minimum Gasteiger partial charge on any atom is -0.444 e. The van der Waals surface area contributed by atoms with Crippen molar-refractivity contribution in [3.8, 4) is 0 Å². The van der Waals surface area contributed by atoms with Crippen LogP contribution in [0.15, 0.2) is 12.1 Å². The predicted molar refractivity (Wildman–Crippen MR) is 106 cm³/mol. The van der Waals surface area contributed by atoms with Crippen molar-refractivity contribution in [1.82, 2.24) is 4.90 Å². The Hall–Kier alpha value is -2.15. The number of rotatable bonds is 4. The lowest BCUT2D eigenvalue weighted by Gasteiger charge is -2.35. The monoisotopic (exact) mass is 394 g/mol. The number of nitrogens with one attached hydrogen (secondary N) is 1. The summed E-state index contributed by atoms with van der Waals surface area (Å²) in [4.78, 5) is 25.6. The molecule has 156 valence electrons. The molecule has 7 heteroatoms. The summed E-state index contributed by atoms with van der Waals surface area (Å²) in [6, 6.07) is 2.91. The van der Waals surface area contributed by atoms with Gasteiger partial charge in [0.05, 0.1) is 12.6 Å². The number of carbonyl (C=O) groups excluding carboxylic acids is 2. The summed E-state index contributed by atoms with van der Waals surface area (Å²) >= 11 is 0. The molecule has 1 heterocycles. The number of ether oxygens (including phenoxy) is 2. The molecule has 1 saturated heterocycles. The van der Waals surface area contributed by atoms with Crippen molar-refractivity contribution in [2.75, 3.05) is 11.9 Å². The Morgan fingerprint density at radius 2 is 2.00 bits per heavy atom. The smallest absolute Gasteiger partial charge is 0.412 e. The van der Waals surface area contributed by atoms with Gasteiger partial charge in [0, 0.05) is 12.6 Å². The molecular weight excluding hydrogens is 363 g/mol. The molecule has 2 amide bonds. The van der Waals surface area contributed by atoms with Crippen LogP contribution in [0.2, 0.25) is 0 Å². The summed E-state index contributed by atoms with van der Waals surface area (Å²) in [5, 5.41) is 2.62. The predicted octanol–water partition coefficient (Wildman–Crippen LogP) is 4.40. The van der Waals surface area contributed by atoms with Crippen LogP contribution < -0.4 is 5.32 Å². The third-order valence-corrected chi connectivity index (χ3v) is 4.68.